The molecule has 96 valence electrons. The Morgan fingerprint density at radius 2 is 2.06 bits per heavy atom. The lowest BCUT2D eigenvalue weighted by Gasteiger charge is -2.11. The molecule has 0 radical (unpaired) electrons. The SMILES string of the molecule is Cc1cc(N)cc(S(=O)(=O)Nc2nncs2)c1C. The molecule has 1 aromatic carbocycles. The average molecular weight is 284 g/mol. The first-order chi connectivity index (χ1) is 8.40. The summed E-state index contributed by atoms with van der Waals surface area (Å²) >= 11 is 1.11. The third-order valence-corrected chi connectivity index (χ3v) is 4.71. The van der Waals surface area contributed by atoms with E-state index in [-0.39, 0.29) is 10.0 Å². The third kappa shape index (κ3) is 2.44. The van der Waals surface area contributed by atoms with Crippen molar-refractivity contribution >= 4 is 32.2 Å². The zero-order chi connectivity index (χ0) is 13.3. The van der Waals surface area contributed by atoms with E-state index in [0.717, 1.165) is 16.9 Å². The van der Waals surface area contributed by atoms with Crippen LogP contribution in [0.25, 0.3) is 0 Å². The lowest BCUT2D eigenvalue weighted by atomic mass is 10.1. The first-order valence-corrected chi connectivity index (χ1v) is 7.42. The second kappa shape index (κ2) is 4.54. The first-order valence-electron chi connectivity index (χ1n) is 5.06. The Hall–Kier alpha value is -1.67. The van der Waals surface area contributed by atoms with Crippen LogP contribution in [-0.2, 0) is 10.0 Å². The number of benzene rings is 1. The molecule has 0 aliphatic rings. The van der Waals surface area contributed by atoms with E-state index in [1.54, 1.807) is 13.0 Å². The van der Waals surface area contributed by atoms with Crippen molar-refractivity contribution in [3.05, 3.63) is 28.8 Å². The average Bonchev–Trinajstić information content (AvgIpc) is 2.75. The maximum atomic E-state index is 12.2. The van der Waals surface area contributed by atoms with Gasteiger partial charge in [-0.1, -0.05) is 11.3 Å². The molecule has 8 heteroatoms. The largest absolute Gasteiger partial charge is 0.399 e. The van der Waals surface area contributed by atoms with Gasteiger partial charge >= 0.3 is 0 Å². The molecule has 1 heterocycles. The zero-order valence-corrected chi connectivity index (χ0v) is 11.5. The van der Waals surface area contributed by atoms with E-state index in [1.165, 1.54) is 11.6 Å². The van der Waals surface area contributed by atoms with E-state index in [1.807, 2.05) is 6.92 Å². The van der Waals surface area contributed by atoms with Crippen molar-refractivity contribution in [3.63, 3.8) is 0 Å². The predicted molar refractivity (Wildman–Crippen MR) is 71.0 cm³/mol. The highest BCUT2D eigenvalue weighted by molar-refractivity contribution is 7.93. The topological polar surface area (TPSA) is 98.0 Å². The van der Waals surface area contributed by atoms with Gasteiger partial charge < -0.3 is 5.73 Å². The highest BCUT2D eigenvalue weighted by Crippen LogP contribution is 2.24. The fraction of sp³-hybridized carbons (Fsp3) is 0.200. The van der Waals surface area contributed by atoms with Crippen molar-refractivity contribution in [2.45, 2.75) is 18.7 Å². The van der Waals surface area contributed by atoms with Crippen LogP contribution in [0.2, 0.25) is 0 Å². The van der Waals surface area contributed by atoms with Crippen LogP contribution in [0, 0.1) is 13.8 Å². The Morgan fingerprint density at radius 1 is 1.33 bits per heavy atom. The van der Waals surface area contributed by atoms with Crippen LogP contribution in [0.3, 0.4) is 0 Å². The van der Waals surface area contributed by atoms with Crippen LogP contribution in [0.5, 0.6) is 0 Å². The van der Waals surface area contributed by atoms with Gasteiger partial charge in [0, 0.05) is 5.69 Å². The highest BCUT2D eigenvalue weighted by atomic mass is 32.2. The summed E-state index contributed by atoms with van der Waals surface area (Å²) < 4.78 is 26.8. The number of nitrogens with two attached hydrogens (primary N) is 1. The molecule has 2 rings (SSSR count). The summed E-state index contributed by atoms with van der Waals surface area (Å²) in [6.07, 6.45) is 0. The molecular formula is C10H12N4O2S2. The van der Waals surface area contributed by atoms with Crippen molar-refractivity contribution < 1.29 is 8.42 Å². The number of nitrogens with one attached hydrogen (secondary N) is 1. The van der Waals surface area contributed by atoms with Gasteiger partial charge in [0.15, 0.2) is 0 Å². The van der Waals surface area contributed by atoms with E-state index in [0.29, 0.717) is 11.3 Å². The van der Waals surface area contributed by atoms with E-state index >= 15 is 0 Å². The molecule has 0 aliphatic carbocycles. The Balaban J connectivity index is 2.48. The van der Waals surface area contributed by atoms with Gasteiger partial charge in [-0.3, -0.25) is 4.72 Å². The number of nitrogen functional groups attached to an aromatic ring is 1. The summed E-state index contributed by atoms with van der Waals surface area (Å²) in [5, 5.41) is 7.45. The fourth-order valence-corrected chi connectivity index (χ4v) is 3.57. The van der Waals surface area contributed by atoms with Gasteiger partial charge in [-0.25, -0.2) is 8.42 Å². The minimum absolute atomic E-state index is 0.162. The van der Waals surface area contributed by atoms with Crippen molar-refractivity contribution in [1.29, 1.82) is 0 Å². The predicted octanol–water partition coefficient (Wildman–Crippen LogP) is 1.54. The molecule has 1 aromatic heterocycles. The van der Waals surface area contributed by atoms with Crippen molar-refractivity contribution in [1.82, 2.24) is 10.2 Å². The molecule has 2 aromatic rings. The number of aryl methyl sites for hydroxylation is 1. The van der Waals surface area contributed by atoms with Gasteiger partial charge in [0.1, 0.15) is 5.51 Å². The van der Waals surface area contributed by atoms with E-state index < -0.39 is 10.0 Å². The molecule has 18 heavy (non-hydrogen) atoms. The Labute approximate surface area is 109 Å². The summed E-state index contributed by atoms with van der Waals surface area (Å²) in [6.45, 7) is 3.55. The van der Waals surface area contributed by atoms with Gasteiger partial charge in [-0.05, 0) is 37.1 Å². The summed E-state index contributed by atoms with van der Waals surface area (Å²) in [5.74, 6) is 0. The molecular weight excluding hydrogens is 272 g/mol. The second-order valence-corrected chi connectivity index (χ2v) is 6.29. The standard InChI is InChI=1S/C10H12N4O2S2/c1-6-3-8(11)4-9(7(6)2)18(15,16)14-10-13-12-5-17-10/h3-5H,11H2,1-2H3,(H,13,14). The summed E-state index contributed by atoms with van der Waals surface area (Å²) in [5.41, 5.74) is 9.04. The summed E-state index contributed by atoms with van der Waals surface area (Å²) in [7, 11) is -3.68. The Kier molecular flexibility index (Phi) is 3.22. The minimum atomic E-state index is -3.68. The molecule has 0 saturated carbocycles. The van der Waals surface area contributed by atoms with Crippen LogP contribution in [0.15, 0.2) is 22.5 Å². The van der Waals surface area contributed by atoms with Gasteiger partial charge in [0.2, 0.25) is 5.13 Å². The van der Waals surface area contributed by atoms with Gasteiger partial charge in [-0.2, -0.15) is 0 Å². The molecule has 0 aliphatic heterocycles. The summed E-state index contributed by atoms with van der Waals surface area (Å²) in [6, 6.07) is 3.17. The minimum Gasteiger partial charge on any atom is -0.399 e. The number of rotatable bonds is 3. The molecule has 0 bridgehead atoms. The number of anilines is 2. The third-order valence-electron chi connectivity index (χ3n) is 2.51. The fourth-order valence-electron chi connectivity index (χ4n) is 1.52. The lowest BCUT2D eigenvalue weighted by molar-refractivity contribution is 0.600. The number of hydrogen-bond donors (Lipinski definition) is 2. The van der Waals surface area contributed by atoms with E-state index in [9.17, 15) is 8.42 Å². The second-order valence-electron chi connectivity index (χ2n) is 3.81. The number of nitrogens with zero attached hydrogens (tertiary/aromatic N) is 2. The molecule has 3 N–H and O–H groups in total. The van der Waals surface area contributed by atoms with Crippen molar-refractivity contribution in [2.24, 2.45) is 0 Å². The van der Waals surface area contributed by atoms with E-state index in [2.05, 4.69) is 14.9 Å². The van der Waals surface area contributed by atoms with Crippen LogP contribution in [-0.4, -0.2) is 18.6 Å². The van der Waals surface area contributed by atoms with Crippen LogP contribution in [0.4, 0.5) is 10.8 Å². The molecule has 0 saturated heterocycles. The molecule has 0 atom stereocenters. The monoisotopic (exact) mass is 284 g/mol. The molecule has 6 nitrogen and oxygen atoms in total. The molecule has 0 unspecified atom stereocenters. The van der Waals surface area contributed by atoms with Crippen LogP contribution < -0.4 is 10.5 Å². The van der Waals surface area contributed by atoms with Crippen LogP contribution >= 0.6 is 11.3 Å². The van der Waals surface area contributed by atoms with Gasteiger partial charge in [0.25, 0.3) is 10.0 Å². The number of aromatic nitrogens is 2. The quantitative estimate of drug-likeness (QED) is 0.833. The normalized spacial score (nSPS) is 11.4. The van der Waals surface area contributed by atoms with Gasteiger partial charge in [0.05, 0.1) is 4.90 Å². The smallest absolute Gasteiger partial charge is 0.264 e. The molecule has 0 fully saturated rings. The first kappa shape index (κ1) is 12.8. The Morgan fingerprint density at radius 3 is 2.67 bits per heavy atom. The molecule has 0 spiro atoms. The van der Waals surface area contributed by atoms with Crippen molar-refractivity contribution in [3.8, 4) is 0 Å². The van der Waals surface area contributed by atoms with E-state index in [4.69, 9.17) is 5.73 Å². The number of hydrogen-bond acceptors (Lipinski definition) is 6. The number of sulfonamides is 1. The maximum absolute atomic E-state index is 12.2. The lowest BCUT2D eigenvalue weighted by Crippen LogP contribution is -2.15. The zero-order valence-electron chi connectivity index (χ0n) is 9.84. The summed E-state index contributed by atoms with van der Waals surface area (Å²) in [4.78, 5) is 0.162. The van der Waals surface area contributed by atoms with Crippen LogP contribution in [0.1, 0.15) is 11.1 Å². The molecule has 0 amide bonds. The van der Waals surface area contributed by atoms with Gasteiger partial charge in [-0.15, -0.1) is 10.2 Å². The maximum Gasteiger partial charge on any atom is 0.264 e. The Bertz CT molecular complexity index is 665. The highest BCUT2D eigenvalue weighted by Gasteiger charge is 2.19. The van der Waals surface area contributed by atoms with Crippen molar-refractivity contribution in [2.75, 3.05) is 10.5 Å².